The van der Waals surface area contributed by atoms with E-state index in [1.807, 2.05) is 30.3 Å². The van der Waals surface area contributed by atoms with E-state index < -0.39 is 0 Å². The van der Waals surface area contributed by atoms with Crippen LogP contribution in [0.1, 0.15) is 35.9 Å². The largest absolute Gasteiger partial charge is 0.451 e. The van der Waals surface area contributed by atoms with Crippen LogP contribution in [0.2, 0.25) is 0 Å². The molecule has 0 spiro atoms. The van der Waals surface area contributed by atoms with Gasteiger partial charge in [0.2, 0.25) is 0 Å². The SMILES string of the molecule is CC(C)c1ccc2nc(NC(=O)c3cc4ccccc4o3)sc2c1. The molecule has 1 amide bonds. The minimum atomic E-state index is -0.283. The molecule has 0 fully saturated rings. The minimum Gasteiger partial charge on any atom is -0.451 e. The van der Waals surface area contributed by atoms with Crippen LogP contribution in [0.4, 0.5) is 5.13 Å². The zero-order valence-corrected chi connectivity index (χ0v) is 14.2. The number of nitrogens with zero attached hydrogens (tertiary/aromatic N) is 1. The van der Waals surface area contributed by atoms with Crippen LogP contribution in [-0.4, -0.2) is 10.9 Å². The molecule has 0 bridgehead atoms. The number of anilines is 1. The summed E-state index contributed by atoms with van der Waals surface area (Å²) in [7, 11) is 0. The van der Waals surface area contributed by atoms with E-state index in [2.05, 4.69) is 36.3 Å². The van der Waals surface area contributed by atoms with Gasteiger partial charge in [0.25, 0.3) is 5.91 Å². The maximum Gasteiger partial charge on any atom is 0.293 e. The third-order valence-electron chi connectivity index (χ3n) is 3.95. The van der Waals surface area contributed by atoms with Crippen LogP contribution in [0.5, 0.6) is 0 Å². The van der Waals surface area contributed by atoms with Gasteiger partial charge in [0, 0.05) is 5.39 Å². The standard InChI is InChI=1S/C19H16N2O2S/c1-11(2)12-7-8-14-17(10-12)24-19(20-14)21-18(22)16-9-13-5-3-4-6-15(13)23-16/h3-11H,1-2H3,(H,20,21,22). The summed E-state index contributed by atoms with van der Waals surface area (Å²) in [4.78, 5) is 16.9. The molecule has 0 saturated heterocycles. The molecule has 0 saturated carbocycles. The molecule has 5 heteroatoms. The number of carbonyl (C=O) groups excluding carboxylic acids is 1. The van der Waals surface area contributed by atoms with Gasteiger partial charge in [-0.1, -0.05) is 49.4 Å². The van der Waals surface area contributed by atoms with Crippen LogP contribution in [0.3, 0.4) is 0 Å². The Morgan fingerprint density at radius 2 is 2.00 bits per heavy atom. The van der Waals surface area contributed by atoms with Crippen LogP contribution in [0, 0.1) is 0 Å². The number of aromatic nitrogens is 1. The normalized spacial score (nSPS) is 11.5. The second-order valence-electron chi connectivity index (χ2n) is 6.00. The van der Waals surface area contributed by atoms with E-state index in [0.717, 1.165) is 15.6 Å². The summed E-state index contributed by atoms with van der Waals surface area (Å²) < 4.78 is 6.66. The van der Waals surface area contributed by atoms with Crippen LogP contribution in [-0.2, 0) is 0 Å². The summed E-state index contributed by atoms with van der Waals surface area (Å²) in [6, 6.07) is 15.5. The molecule has 0 aliphatic rings. The first kappa shape index (κ1) is 14.9. The van der Waals surface area contributed by atoms with E-state index in [1.165, 1.54) is 16.9 Å². The van der Waals surface area contributed by atoms with Crippen molar-refractivity contribution in [3.05, 3.63) is 59.9 Å². The summed E-state index contributed by atoms with van der Waals surface area (Å²) in [5, 5.41) is 4.32. The Bertz CT molecular complexity index is 1010. The molecule has 4 rings (SSSR count). The zero-order valence-electron chi connectivity index (χ0n) is 13.4. The third kappa shape index (κ3) is 2.67. The number of nitrogens with one attached hydrogen (secondary N) is 1. The molecule has 0 radical (unpaired) electrons. The number of hydrogen-bond acceptors (Lipinski definition) is 4. The quantitative estimate of drug-likeness (QED) is 0.543. The Balaban J connectivity index is 1.62. The lowest BCUT2D eigenvalue weighted by Crippen LogP contribution is -2.10. The Morgan fingerprint density at radius 3 is 2.79 bits per heavy atom. The topological polar surface area (TPSA) is 55.1 Å². The van der Waals surface area contributed by atoms with Crippen LogP contribution in [0.25, 0.3) is 21.2 Å². The highest BCUT2D eigenvalue weighted by Gasteiger charge is 2.15. The zero-order chi connectivity index (χ0) is 16.7. The van der Waals surface area contributed by atoms with Crippen LogP contribution >= 0.6 is 11.3 Å². The number of fused-ring (bicyclic) bond motifs is 2. The van der Waals surface area contributed by atoms with E-state index in [0.29, 0.717) is 22.4 Å². The predicted molar refractivity (Wildman–Crippen MR) is 97.9 cm³/mol. The van der Waals surface area contributed by atoms with Crippen molar-refractivity contribution in [2.45, 2.75) is 19.8 Å². The first-order chi connectivity index (χ1) is 11.6. The Morgan fingerprint density at radius 1 is 1.17 bits per heavy atom. The van der Waals surface area contributed by atoms with E-state index >= 15 is 0 Å². The molecule has 0 atom stereocenters. The monoisotopic (exact) mass is 336 g/mol. The Kier molecular flexibility index (Phi) is 3.58. The molecule has 2 aromatic carbocycles. The number of furan rings is 1. The van der Waals surface area contributed by atoms with E-state index in [1.54, 1.807) is 6.07 Å². The molecule has 1 N–H and O–H groups in total. The predicted octanol–water partition coefficient (Wildman–Crippen LogP) is 5.42. The molecule has 0 aliphatic heterocycles. The molecule has 24 heavy (non-hydrogen) atoms. The average Bonchev–Trinajstić information content (AvgIpc) is 3.17. The van der Waals surface area contributed by atoms with Crippen LogP contribution < -0.4 is 5.32 Å². The van der Waals surface area contributed by atoms with Gasteiger partial charge in [0.1, 0.15) is 5.58 Å². The number of rotatable bonds is 3. The van der Waals surface area contributed by atoms with Crippen molar-refractivity contribution in [1.82, 2.24) is 4.98 Å². The van der Waals surface area contributed by atoms with E-state index in [9.17, 15) is 4.79 Å². The lowest BCUT2D eigenvalue weighted by atomic mass is 10.0. The molecule has 0 aliphatic carbocycles. The highest BCUT2D eigenvalue weighted by Crippen LogP contribution is 2.29. The third-order valence-corrected chi connectivity index (χ3v) is 4.88. The van der Waals surface area contributed by atoms with Crippen molar-refractivity contribution in [1.29, 1.82) is 0 Å². The first-order valence-electron chi connectivity index (χ1n) is 7.80. The molecule has 4 aromatic rings. The number of thiazole rings is 1. The Labute approximate surface area is 143 Å². The van der Waals surface area contributed by atoms with Gasteiger partial charge in [-0.05, 0) is 35.7 Å². The van der Waals surface area contributed by atoms with Crippen LogP contribution in [0.15, 0.2) is 52.9 Å². The summed E-state index contributed by atoms with van der Waals surface area (Å²) in [5.41, 5.74) is 2.86. The Hall–Kier alpha value is -2.66. The number of para-hydroxylation sites is 1. The van der Waals surface area contributed by atoms with Crippen molar-refractivity contribution < 1.29 is 9.21 Å². The second-order valence-corrected chi connectivity index (χ2v) is 7.03. The molecule has 2 aromatic heterocycles. The van der Waals surface area contributed by atoms with Gasteiger partial charge >= 0.3 is 0 Å². The molecular formula is C19H16N2O2S. The van der Waals surface area contributed by atoms with Gasteiger partial charge in [-0.2, -0.15) is 0 Å². The lowest BCUT2D eigenvalue weighted by Gasteiger charge is -2.03. The van der Waals surface area contributed by atoms with E-state index in [4.69, 9.17) is 4.42 Å². The second kappa shape index (κ2) is 5.76. The molecule has 120 valence electrons. The molecule has 0 unspecified atom stereocenters. The van der Waals surface area contributed by atoms with Crippen molar-refractivity contribution in [3.63, 3.8) is 0 Å². The average molecular weight is 336 g/mol. The van der Waals surface area contributed by atoms with Gasteiger partial charge in [-0.3, -0.25) is 10.1 Å². The van der Waals surface area contributed by atoms with Gasteiger partial charge in [-0.25, -0.2) is 4.98 Å². The number of amides is 1. The highest BCUT2D eigenvalue weighted by atomic mass is 32.1. The van der Waals surface area contributed by atoms with Crippen molar-refractivity contribution in [3.8, 4) is 0 Å². The minimum absolute atomic E-state index is 0.283. The molecule has 2 heterocycles. The van der Waals surface area contributed by atoms with Crippen molar-refractivity contribution in [2.75, 3.05) is 5.32 Å². The highest BCUT2D eigenvalue weighted by molar-refractivity contribution is 7.22. The fourth-order valence-electron chi connectivity index (χ4n) is 2.61. The summed E-state index contributed by atoms with van der Waals surface area (Å²) in [5.74, 6) is 0.470. The number of benzene rings is 2. The first-order valence-corrected chi connectivity index (χ1v) is 8.62. The number of carbonyl (C=O) groups is 1. The van der Waals surface area contributed by atoms with Crippen molar-refractivity contribution in [2.24, 2.45) is 0 Å². The smallest absolute Gasteiger partial charge is 0.293 e. The van der Waals surface area contributed by atoms with Crippen molar-refractivity contribution >= 4 is 43.6 Å². The fourth-order valence-corrected chi connectivity index (χ4v) is 3.52. The maximum absolute atomic E-state index is 12.4. The van der Waals surface area contributed by atoms with Gasteiger partial charge in [-0.15, -0.1) is 0 Å². The molecule has 4 nitrogen and oxygen atoms in total. The van der Waals surface area contributed by atoms with Gasteiger partial charge in [0.05, 0.1) is 10.2 Å². The summed E-state index contributed by atoms with van der Waals surface area (Å²) in [6.07, 6.45) is 0. The van der Waals surface area contributed by atoms with Gasteiger partial charge in [0.15, 0.2) is 10.9 Å². The van der Waals surface area contributed by atoms with E-state index in [-0.39, 0.29) is 5.91 Å². The molecular weight excluding hydrogens is 320 g/mol. The van der Waals surface area contributed by atoms with Gasteiger partial charge < -0.3 is 4.42 Å². The number of hydrogen-bond donors (Lipinski definition) is 1. The maximum atomic E-state index is 12.4. The summed E-state index contributed by atoms with van der Waals surface area (Å²) >= 11 is 1.47. The lowest BCUT2D eigenvalue weighted by molar-refractivity contribution is 0.0998. The summed E-state index contributed by atoms with van der Waals surface area (Å²) in [6.45, 7) is 4.32. The fraction of sp³-hybridized carbons (Fsp3) is 0.158.